The Bertz CT molecular complexity index is 1420. The fourth-order valence-corrected chi connectivity index (χ4v) is 6.39. The third-order valence-electron chi connectivity index (χ3n) is 7.03. The molecule has 0 radical (unpaired) electrons. The van der Waals surface area contributed by atoms with Crippen LogP contribution in [0.1, 0.15) is 53.2 Å². The molecule has 0 bridgehead atoms. The average molecular weight is 588 g/mol. The highest BCUT2D eigenvalue weighted by molar-refractivity contribution is 7.52. The Kier molecular flexibility index (Phi) is 8.51. The molecule has 3 aromatic rings. The molecule has 0 unspecified atom stereocenters. The number of nitrogens with zero attached hydrogens (tertiary/aromatic N) is 5. The number of rotatable bonds is 12. The molecule has 3 heterocycles. The second-order valence-corrected chi connectivity index (χ2v) is 12.7. The SMILES string of the molecule is CC(C)OC(=O)[C@H](C)N[P@@](=O)(OC[C@@H]1C[C@H](C)[C@H](n2cnc3c(N(C)C4CC4)nc(N)nc32)O1)Oc1ccccc1. The molecule has 1 saturated carbocycles. The Morgan fingerprint density at radius 3 is 2.66 bits per heavy atom. The van der Waals surface area contributed by atoms with E-state index in [4.69, 9.17) is 24.3 Å². The van der Waals surface area contributed by atoms with Crippen molar-refractivity contribution in [2.45, 2.75) is 77.5 Å². The lowest BCUT2D eigenvalue weighted by Crippen LogP contribution is -2.36. The van der Waals surface area contributed by atoms with Crippen LogP contribution in [0.3, 0.4) is 0 Å². The summed E-state index contributed by atoms with van der Waals surface area (Å²) in [6.45, 7) is 7.05. The van der Waals surface area contributed by atoms with Crippen molar-refractivity contribution in [1.82, 2.24) is 24.6 Å². The highest BCUT2D eigenvalue weighted by atomic mass is 31.2. The van der Waals surface area contributed by atoms with Crippen molar-refractivity contribution in [2.24, 2.45) is 5.92 Å². The van der Waals surface area contributed by atoms with Crippen LogP contribution in [-0.4, -0.2) is 63.4 Å². The summed E-state index contributed by atoms with van der Waals surface area (Å²) in [5, 5.41) is 2.71. The van der Waals surface area contributed by atoms with Crippen molar-refractivity contribution < 1.29 is 27.9 Å². The number of nitrogen functional groups attached to an aromatic ring is 1. The average Bonchev–Trinajstić information content (AvgIpc) is 3.59. The van der Waals surface area contributed by atoms with E-state index < -0.39 is 32.1 Å². The fraction of sp³-hybridized carbons (Fsp3) is 0.556. The molecule has 2 aliphatic rings. The van der Waals surface area contributed by atoms with Crippen LogP contribution < -0.4 is 20.2 Å². The number of benzene rings is 1. The lowest BCUT2D eigenvalue weighted by molar-refractivity contribution is -0.149. The van der Waals surface area contributed by atoms with Gasteiger partial charge in [0.1, 0.15) is 18.0 Å². The molecule has 5 rings (SSSR count). The summed E-state index contributed by atoms with van der Waals surface area (Å²) < 4.78 is 38.9. The highest BCUT2D eigenvalue weighted by Crippen LogP contribution is 2.46. The van der Waals surface area contributed by atoms with Crippen molar-refractivity contribution >= 4 is 36.6 Å². The van der Waals surface area contributed by atoms with Gasteiger partial charge in [0.2, 0.25) is 5.95 Å². The first-order valence-electron chi connectivity index (χ1n) is 13.9. The number of carbonyl (C=O) groups excluding carboxylic acids is 1. The van der Waals surface area contributed by atoms with E-state index in [1.54, 1.807) is 51.4 Å². The molecule has 41 heavy (non-hydrogen) atoms. The number of carbonyl (C=O) groups is 1. The van der Waals surface area contributed by atoms with Crippen molar-refractivity contribution in [1.29, 1.82) is 0 Å². The third-order valence-corrected chi connectivity index (χ3v) is 8.68. The molecular weight excluding hydrogens is 549 g/mol. The number of ether oxygens (including phenoxy) is 2. The molecule has 0 amide bonds. The number of nitrogens with one attached hydrogen (secondary N) is 1. The quantitative estimate of drug-likeness (QED) is 0.232. The Morgan fingerprint density at radius 2 is 1.98 bits per heavy atom. The summed E-state index contributed by atoms with van der Waals surface area (Å²) in [5.41, 5.74) is 7.34. The molecule has 13 nitrogen and oxygen atoms in total. The summed E-state index contributed by atoms with van der Waals surface area (Å²) in [6, 6.07) is 8.13. The first-order valence-corrected chi connectivity index (χ1v) is 15.4. The number of aromatic nitrogens is 4. The summed E-state index contributed by atoms with van der Waals surface area (Å²) >= 11 is 0. The molecule has 1 aromatic carbocycles. The molecule has 0 spiro atoms. The second-order valence-electron chi connectivity index (χ2n) is 11.0. The van der Waals surface area contributed by atoms with Crippen LogP contribution in [0.15, 0.2) is 36.7 Å². The zero-order valence-electron chi connectivity index (χ0n) is 24.0. The van der Waals surface area contributed by atoms with Crippen LogP contribution in [-0.2, 0) is 23.4 Å². The zero-order valence-corrected chi connectivity index (χ0v) is 24.9. The van der Waals surface area contributed by atoms with Crippen LogP contribution in [0.4, 0.5) is 11.8 Å². The van der Waals surface area contributed by atoms with Gasteiger partial charge in [-0.05, 0) is 52.2 Å². The molecule has 1 saturated heterocycles. The van der Waals surface area contributed by atoms with Crippen LogP contribution >= 0.6 is 7.75 Å². The van der Waals surface area contributed by atoms with Gasteiger partial charge in [-0.25, -0.2) is 9.55 Å². The van der Waals surface area contributed by atoms with Gasteiger partial charge in [-0.3, -0.25) is 13.9 Å². The normalized spacial score (nSPS) is 22.9. The number of hydrogen-bond donors (Lipinski definition) is 2. The van der Waals surface area contributed by atoms with Crippen LogP contribution in [0.2, 0.25) is 0 Å². The number of nitrogens with two attached hydrogens (primary N) is 1. The molecule has 2 aromatic heterocycles. The summed E-state index contributed by atoms with van der Waals surface area (Å²) in [6.07, 6.45) is 3.40. The van der Waals surface area contributed by atoms with Gasteiger partial charge in [-0.15, -0.1) is 0 Å². The van der Waals surface area contributed by atoms with Crippen molar-refractivity contribution in [2.75, 3.05) is 24.3 Å². The molecule has 3 N–H and O–H groups in total. The smallest absolute Gasteiger partial charge is 0.459 e. The maximum atomic E-state index is 13.8. The minimum absolute atomic E-state index is 0.0384. The van der Waals surface area contributed by atoms with Gasteiger partial charge in [0.05, 0.1) is 25.1 Å². The van der Waals surface area contributed by atoms with Crippen molar-refractivity contribution in [3.63, 3.8) is 0 Å². The Hall–Kier alpha value is -3.25. The number of esters is 1. The van der Waals surface area contributed by atoms with E-state index in [1.165, 1.54) is 0 Å². The van der Waals surface area contributed by atoms with Crippen molar-refractivity contribution in [3.05, 3.63) is 36.7 Å². The topological polar surface area (TPSA) is 156 Å². The van der Waals surface area contributed by atoms with Gasteiger partial charge in [-0.2, -0.15) is 15.1 Å². The minimum atomic E-state index is -4.01. The monoisotopic (exact) mass is 587 g/mol. The third kappa shape index (κ3) is 6.81. The first-order chi connectivity index (χ1) is 19.5. The highest BCUT2D eigenvalue weighted by Gasteiger charge is 2.39. The van der Waals surface area contributed by atoms with E-state index in [9.17, 15) is 9.36 Å². The largest absolute Gasteiger partial charge is 0.462 e. The van der Waals surface area contributed by atoms with Crippen LogP contribution in [0, 0.1) is 5.92 Å². The van der Waals surface area contributed by atoms with Gasteiger partial charge in [0.15, 0.2) is 17.0 Å². The lowest BCUT2D eigenvalue weighted by atomic mass is 10.1. The Morgan fingerprint density at radius 1 is 1.24 bits per heavy atom. The van der Waals surface area contributed by atoms with Crippen molar-refractivity contribution in [3.8, 4) is 5.75 Å². The summed E-state index contributed by atoms with van der Waals surface area (Å²) in [5.74, 6) is 0.702. The van der Waals surface area contributed by atoms with E-state index >= 15 is 0 Å². The minimum Gasteiger partial charge on any atom is -0.462 e. The van der Waals surface area contributed by atoms with Crippen LogP contribution in [0.5, 0.6) is 5.75 Å². The Balaban J connectivity index is 1.30. The molecule has 2 fully saturated rings. The van der Waals surface area contributed by atoms with E-state index in [1.807, 2.05) is 17.7 Å². The summed E-state index contributed by atoms with van der Waals surface area (Å²) in [7, 11) is -2.01. The lowest BCUT2D eigenvalue weighted by Gasteiger charge is -2.24. The number of hydrogen-bond acceptors (Lipinski definition) is 11. The molecule has 5 atom stereocenters. The van der Waals surface area contributed by atoms with E-state index in [2.05, 4.69) is 31.9 Å². The van der Waals surface area contributed by atoms with Gasteiger partial charge in [-0.1, -0.05) is 25.1 Å². The fourth-order valence-electron chi connectivity index (χ4n) is 4.87. The molecule has 14 heteroatoms. The van der Waals surface area contributed by atoms with E-state index in [0.717, 1.165) is 12.8 Å². The maximum Gasteiger partial charge on any atom is 0.459 e. The van der Waals surface area contributed by atoms with E-state index in [-0.39, 0.29) is 24.6 Å². The van der Waals surface area contributed by atoms with Gasteiger partial charge >= 0.3 is 13.7 Å². The molecule has 1 aliphatic carbocycles. The standard InChI is InChI=1S/C27H38N7O6P/c1-16(2)38-26(35)18(4)32-41(36,40-20-9-7-6-8-10-20)37-14-21-13-17(3)25(39-21)34-15-29-22-23(33(5)19-11-12-19)30-27(28)31-24(22)34/h6-10,15-19,21,25H,11-14H2,1-5H3,(H,32,36)(H2,28,30,31)/t17-,18-,21-,25+,41+/m0/s1. The maximum absolute atomic E-state index is 13.8. The van der Waals surface area contributed by atoms with Gasteiger partial charge in [0.25, 0.3) is 0 Å². The molecule has 1 aliphatic heterocycles. The second kappa shape index (κ2) is 11.9. The van der Waals surface area contributed by atoms with Crippen LogP contribution in [0.25, 0.3) is 11.2 Å². The zero-order chi connectivity index (χ0) is 29.3. The van der Waals surface area contributed by atoms with E-state index in [0.29, 0.717) is 35.2 Å². The number of fused-ring (bicyclic) bond motifs is 1. The summed E-state index contributed by atoms with van der Waals surface area (Å²) in [4.78, 5) is 28.1. The van der Waals surface area contributed by atoms with Gasteiger partial charge in [0, 0.05) is 19.0 Å². The molecular formula is C27H38N7O6P. The van der Waals surface area contributed by atoms with Gasteiger partial charge < -0.3 is 24.6 Å². The predicted octanol–water partition coefficient (Wildman–Crippen LogP) is 4.06. The molecule has 222 valence electrons. The predicted molar refractivity (Wildman–Crippen MR) is 153 cm³/mol. The Labute approximate surface area is 239 Å². The number of para-hydroxylation sites is 1. The first kappa shape index (κ1) is 29.2. The number of anilines is 2. The number of imidazole rings is 1.